The number of sulfonamides is 1. The van der Waals surface area contributed by atoms with E-state index in [2.05, 4.69) is 5.32 Å². The molecule has 180 valence electrons. The maximum Gasteiger partial charge on any atom is 0.416 e. The van der Waals surface area contributed by atoms with Gasteiger partial charge < -0.3 is 11.1 Å². The van der Waals surface area contributed by atoms with Crippen molar-refractivity contribution in [2.45, 2.75) is 63.2 Å². The molecule has 1 aliphatic heterocycles. The van der Waals surface area contributed by atoms with Crippen LogP contribution in [-0.4, -0.2) is 43.8 Å². The molecule has 32 heavy (non-hydrogen) atoms. The Morgan fingerprint density at radius 2 is 1.91 bits per heavy atom. The van der Waals surface area contributed by atoms with Crippen molar-refractivity contribution in [3.8, 4) is 0 Å². The number of nitrogens with two attached hydrogens (primary N) is 1. The molecule has 0 unspecified atom stereocenters. The summed E-state index contributed by atoms with van der Waals surface area (Å²) in [4.78, 5) is 12.0. The molecule has 2 aliphatic rings. The van der Waals surface area contributed by atoms with Crippen LogP contribution in [0.1, 0.15) is 45.6 Å². The number of rotatable bonds is 5. The zero-order chi connectivity index (χ0) is 24.1. The van der Waals surface area contributed by atoms with Crippen molar-refractivity contribution in [2.24, 2.45) is 23.0 Å². The first kappa shape index (κ1) is 25.3. The number of hydrogen-bond donors (Lipinski definition) is 2. The van der Waals surface area contributed by atoms with E-state index in [1.165, 1.54) is 4.31 Å². The number of nitrogens with zero attached hydrogens (tertiary/aromatic N) is 1. The monoisotopic (exact) mass is 495 g/mol. The fourth-order valence-electron chi connectivity index (χ4n) is 4.66. The van der Waals surface area contributed by atoms with Gasteiger partial charge in [-0.25, -0.2) is 8.42 Å². The minimum absolute atomic E-state index is 0.0125. The van der Waals surface area contributed by atoms with Gasteiger partial charge in [0.05, 0.1) is 16.6 Å². The number of hydrogen-bond acceptors (Lipinski definition) is 4. The third-order valence-electron chi connectivity index (χ3n) is 6.20. The first-order chi connectivity index (χ1) is 14.6. The highest BCUT2D eigenvalue weighted by molar-refractivity contribution is 7.89. The zero-order valence-electron chi connectivity index (χ0n) is 18.2. The number of halogens is 4. The van der Waals surface area contributed by atoms with Crippen LogP contribution in [0.4, 0.5) is 13.2 Å². The highest BCUT2D eigenvalue weighted by Crippen LogP contribution is 2.42. The molecule has 1 heterocycles. The standard InChI is InChI=1S/C21H29ClF3N3O3S/c1-20(2,3)9-16(26)19(29)27-17-7-4-12-10-28(11-14(12)17)32(30,31)18-8-13(21(23,24)25)5-6-15(18)22/h5-6,8,12,14,16-17H,4,7,9-11,26H2,1-3H3,(H,27,29)/t12-,14+,16+,17+/m1/s1. The van der Waals surface area contributed by atoms with Crippen LogP contribution in [0.15, 0.2) is 23.1 Å². The molecule has 0 spiro atoms. The average Bonchev–Trinajstić information content (AvgIpc) is 3.22. The Bertz CT molecular complexity index is 979. The number of benzene rings is 1. The number of nitrogens with one attached hydrogen (secondary N) is 1. The smallest absolute Gasteiger partial charge is 0.352 e. The predicted octanol–water partition coefficient (Wildman–Crippen LogP) is 3.64. The third kappa shape index (κ3) is 5.40. The van der Waals surface area contributed by atoms with Crippen molar-refractivity contribution >= 4 is 27.5 Å². The van der Waals surface area contributed by atoms with Crippen LogP contribution in [0.25, 0.3) is 0 Å². The molecular formula is C21H29ClF3N3O3S. The summed E-state index contributed by atoms with van der Waals surface area (Å²) in [6.45, 7) is 6.26. The lowest BCUT2D eigenvalue weighted by atomic mass is 9.88. The van der Waals surface area contributed by atoms with Gasteiger partial charge in [0.15, 0.2) is 0 Å². The normalized spacial score (nSPS) is 25.6. The van der Waals surface area contributed by atoms with E-state index in [9.17, 15) is 26.4 Å². The van der Waals surface area contributed by atoms with Crippen LogP contribution in [0.3, 0.4) is 0 Å². The van der Waals surface area contributed by atoms with Gasteiger partial charge in [0.25, 0.3) is 0 Å². The Hall–Kier alpha value is -1.36. The highest BCUT2D eigenvalue weighted by Gasteiger charge is 2.47. The van der Waals surface area contributed by atoms with Gasteiger partial charge in [-0.1, -0.05) is 32.4 Å². The molecule has 6 nitrogen and oxygen atoms in total. The number of fused-ring (bicyclic) bond motifs is 1. The van der Waals surface area contributed by atoms with E-state index in [0.29, 0.717) is 25.3 Å². The summed E-state index contributed by atoms with van der Waals surface area (Å²) in [5.41, 5.74) is 4.85. The van der Waals surface area contributed by atoms with Crippen molar-refractivity contribution < 1.29 is 26.4 Å². The largest absolute Gasteiger partial charge is 0.416 e. The molecule has 11 heteroatoms. The van der Waals surface area contributed by atoms with Crippen LogP contribution >= 0.6 is 11.6 Å². The summed E-state index contributed by atoms with van der Waals surface area (Å²) in [6.07, 6.45) is -2.75. The molecule has 1 amide bonds. The lowest BCUT2D eigenvalue weighted by molar-refractivity contribution is -0.137. The first-order valence-corrected chi connectivity index (χ1v) is 12.3. The van der Waals surface area contributed by atoms with Crippen LogP contribution in [0.5, 0.6) is 0 Å². The van der Waals surface area contributed by atoms with Gasteiger partial charge in [-0.05, 0) is 54.7 Å². The number of carbonyl (C=O) groups excluding carboxylic acids is 1. The van der Waals surface area contributed by atoms with Crippen molar-refractivity contribution in [2.75, 3.05) is 13.1 Å². The Labute approximate surface area is 191 Å². The van der Waals surface area contributed by atoms with Crippen LogP contribution < -0.4 is 11.1 Å². The summed E-state index contributed by atoms with van der Waals surface area (Å²) in [6, 6.07) is 1.39. The Morgan fingerprint density at radius 3 is 2.50 bits per heavy atom. The van der Waals surface area contributed by atoms with Gasteiger partial charge in [0, 0.05) is 19.1 Å². The molecule has 1 aliphatic carbocycles. The minimum Gasteiger partial charge on any atom is -0.352 e. The maximum atomic E-state index is 13.1. The second-order valence-corrected chi connectivity index (χ2v) is 12.3. The van der Waals surface area contributed by atoms with E-state index in [1.807, 2.05) is 20.8 Å². The van der Waals surface area contributed by atoms with Crippen molar-refractivity contribution in [3.05, 3.63) is 28.8 Å². The van der Waals surface area contributed by atoms with Crippen LogP contribution in [-0.2, 0) is 21.0 Å². The van der Waals surface area contributed by atoms with E-state index in [4.69, 9.17) is 17.3 Å². The quantitative estimate of drug-likeness (QED) is 0.652. The molecule has 1 saturated carbocycles. The van der Waals surface area contributed by atoms with Gasteiger partial charge in [-0.15, -0.1) is 0 Å². The Kier molecular flexibility index (Phi) is 6.93. The minimum atomic E-state index is -4.68. The van der Waals surface area contributed by atoms with E-state index in [1.54, 1.807) is 0 Å². The summed E-state index contributed by atoms with van der Waals surface area (Å²) in [5.74, 6) is -0.383. The molecule has 0 bridgehead atoms. The van der Waals surface area contributed by atoms with Crippen molar-refractivity contribution in [3.63, 3.8) is 0 Å². The van der Waals surface area contributed by atoms with E-state index >= 15 is 0 Å². The Morgan fingerprint density at radius 1 is 1.25 bits per heavy atom. The molecule has 1 aromatic rings. The lowest BCUT2D eigenvalue weighted by Crippen LogP contribution is -2.48. The molecule has 2 fully saturated rings. The fraction of sp³-hybridized carbons (Fsp3) is 0.667. The number of amides is 1. The second kappa shape index (κ2) is 8.77. The average molecular weight is 496 g/mol. The molecule has 3 N–H and O–H groups in total. The summed E-state index contributed by atoms with van der Waals surface area (Å²) < 4.78 is 66.7. The molecule has 1 saturated heterocycles. The maximum absolute atomic E-state index is 13.1. The van der Waals surface area contributed by atoms with Crippen molar-refractivity contribution in [1.82, 2.24) is 9.62 Å². The molecule has 0 aromatic heterocycles. The molecule has 0 radical (unpaired) electrons. The summed E-state index contributed by atoms with van der Waals surface area (Å²) >= 11 is 5.97. The van der Waals surface area contributed by atoms with E-state index < -0.39 is 32.7 Å². The lowest BCUT2D eigenvalue weighted by Gasteiger charge is -2.26. The van der Waals surface area contributed by atoms with Gasteiger partial charge >= 0.3 is 6.18 Å². The number of alkyl halides is 3. The second-order valence-electron chi connectivity index (χ2n) is 9.95. The van der Waals surface area contributed by atoms with E-state index in [0.717, 1.165) is 12.1 Å². The topological polar surface area (TPSA) is 92.5 Å². The first-order valence-electron chi connectivity index (χ1n) is 10.5. The summed E-state index contributed by atoms with van der Waals surface area (Å²) in [5, 5.41) is 2.71. The summed E-state index contributed by atoms with van der Waals surface area (Å²) in [7, 11) is -4.22. The molecule has 1 aromatic carbocycles. The third-order valence-corrected chi connectivity index (χ3v) is 8.51. The van der Waals surface area contributed by atoms with Gasteiger partial charge in [0.1, 0.15) is 4.90 Å². The van der Waals surface area contributed by atoms with Gasteiger partial charge in [0.2, 0.25) is 15.9 Å². The van der Waals surface area contributed by atoms with Crippen LogP contribution in [0.2, 0.25) is 5.02 Å². The number of carbonyl (C=O) groups is 1. The van der Waals surface area contributed by atoms with Crippen molar-refractivity contribution in [1.29, 1.82) is 0 Å². The highest BCUT2D eigenvalue weighted by atomic mass is 35.5. The van der Waals surface area contributed by atoms with Gasteiger partial charge in [-0.2, -0.15) is 17.5 Å². The van der Waals surface area contributed by atoms with E-state index in [-0.39, 0.29) is 47.3 Å². The fourth-order valence-corrected chi connectivity index (χ4v) is 6.69. The molecule has 3 rings (SSSR count). The molecular weight excluding hydrogens is 467 g/mol. The van der Waals surface area contributed by atoms with Gasteiger partial charge in [-0.3, -0.25) is 4.79 Å². The molecule has 4 atom stereocenters. The predicted molar refractivity (Wildman–Crippen MR) is 115 cm³/mol. The SMILES string of the molecule is CC(C)(C)C[C@H](N)C(=O)N[C@H]1CC[C@@H]2CN(S(=O)(=O)c3cc(C(F)(F)F)ccc3Cl)C[C@@H]21. The van der Waals surface area contributed by atoms with Crippen LogP contribution in [0, 0.1) is 17.3 Å². The Balaban J connectivity index is 1.74. The zero-order valence-corrected chi connectivity index (χ0v) is 19.8.